The van der Waals surface area contributed by atoms with Gasteiger partial charge in [0.25, 0.3) is 0 Å². The number of aryl methyl sites for hydroxylation is 1. The van der Waals surface area contributed by atoms with E-state index in [2.05, 4.69) is 10.1 Å². The van der Waals surface area contributed by atoms with Crippen LogP contribution in [-0.4, -0.2) is 15.9 Å². The predicted molar refractivity (Wildman–Crippen MR) is 84.5 cm³/mol. The fourth-order valence-corrected chi connectivity index (χ4v) is 3.77. The first-order valence-electron chi connectivity index (χ1n) is 7.17. The molecule has 1 aliphatic rings. The van der Waals surface area contributed by atoms with Crippen molar-refractivity contribution < 1.29 is 4.52 Å². The molecule has 0 atom stereocenters. The molecule has 4 nitrogen and oxygen atoms in total. The Morgan fingerprint density at radius 2 is 2.05 bits per heavy atom. The molecule has 1 saturated carbocycles. The number of hydrogen-bond donors (Lipinski definition) is 1. The van der Waals surface area contributed by atoms with Crippen LogP contribution in [0.3, 0.4) is 0 Å². The minimum Gasteiger partial charge on any atom is -0.339 e. The lowest BCUT2D eigenvalue weighted by Crippen LogP contribution is -2.34. The van der Waals surface area contributed by atoms with Crippen LogP contribution in [0.1, 0.15) is 37.4 Å². The highest BCUT2D eigenvalue weighted by atomic mass is 35.5. The summed E-state index contributed by atoms with van der Waals surface area (Å²) < 4.78 is 5.32. The third-order valence-corrected chi connectivity index (χ3v) is 5.34. The summed E-state index contributed by atoms with van der Waals surface area (Å²) in [6.07, 6.45) is 4.89. The summed E-state index contributed by atoms with van der Waals surface area (Å²) in [5, 5.41) is 4.85. The highest BCUT2D eigenvalue weighted by molar-refractivity contribution is 7.99. The van der Waals surface area contributed by atoms with Crippen molar-refractivity contribution in [2.45, 2.75) is 42.5 Å². The molecule has 2 N–H and O–H groups in total. The molecule has 0 radical (unpaired) electrons. The molecule has 3 rings (SSSR count). The Balaban J connectivity index is 1.57. The van der Waals surface area contributed by atoms with Crippen LogP contribution in [0.15, 0.2) is 33.7 Å². The van der Waals surface area contributed by atoms with Crippen molar-refractivity contribution in [2.75, 3.05) is 5.75 Å². The molecule has 0 saturated heterocycles. The Kier molecular flexibility index (Phi) is 4.52. The van der Waals surface area contributed by atoms with Gasteiger partial charge in [-0.25, -0.2) is 0 Å². The van der Waals surface area contributed by atoms with Crippen LogP contribution in [-0.2, 0) is 12.0 Å². The third kappa shape index (κ3) is 3.42. The zero-order chi connectivity index (χ0) is 14.7. The average Bonchev–Trinajstić information content (AvgIpc) is 3.11. The van der Waals surface area contributed by atoms with Crippen molar-refractivity contribution >= 4 is 23.4 Å². The third-order valence-electron chi connectivity index (χ3n) is 3.82. The fourth-order valence-electron chi connectivity index (χ4n) is 2.60. The normalized spacial score (nSPS) is 17.2. The van der Waals surface area contributed by atoms with Crippen molar-refractivity contribution in [3.63, 3.8) is 0 Å². The van der Waals surface area contributed by atoms with E-state index in [1.54, 1.807) is 11.8 Å². The van der Waals surface area contributed by atoms with Crippen molar-refractivity contribution in [3.05, 3.63) is 41.0 Å². The van der Waals surface area contributed by atoms with Crippen LogP contribution < -0.4 is 5.73 Å². The molecule has 1 aromatic carbocycles. The monoisotopic (exact) mass is 323 g/mol. The van der Waals surface area contributed by atoms with Gasteiger partial charge >= 0.3 is 0 Å². The van der Waals surface area contributed by atoms with Crippen LogP contribution in [0.5, 0.6) is 0 Å². The molecular formula is C15H18ClN3OS. The zero-order valence-corrected chi connectivity index (χ0v) is 13.3. The summed E-state index contributed by atoms with van der Waals surface area (Å²) in [6, 6.07) is 7.82. The van der Waals surface area contributed by atoms with Crippen LogP contribution in [0.4, 0.5) is 0 Å². The van der Waals surface area contributed by atoms with Crippen molar-refractivity contribution in [2.24, 2.45) is 5.73 Å². The van der Waals surface area contributed by atoms with Crippen molar-refractivity contribution in [1.29, 1.82) is 0 Å². The minimum absolute atomic E-state index is 0.377. The molecule has 2 aromatic rings. The first-order valence-corrected chi connectivity index (χ1v) is 8.53. The van der Waals surface area contributed by atoms with E-state index < -0.39 is 0 Å². The van der Waals surface area contributed by atoms with Gasteiger partial charge in [-0.15, -0.1) is 11.8 Å². The smallest absolute Gasteiger partial charge is 0.227 e. The second kappa shape index (κ2) is 6.38. The Labute approximate surface area is 133 Å². The number of rotatable bonds is 5. The number of hydrogen-bond acceptors (Lipinski definition) is 5. The van der Waals surface area contributed by atoms with E-state index >= 15 is 0 Å². The summed E-state index contributed by atoms with van der Waals surface area (Å²) in [6.45, 7) is 0. The molecule has 1 fully saturated rings. The highest BCUT2D eigenvalue weighted by Gasteiger charge is 2.35. The van der Waals surface area contributed by atoms with Gasteiger partial charge < -0.3 is 10.3 Å². The molecule has 1 aromatic heterocycles. The first kappa shape index (κ1) is 14.9. The maximum atomic E-state index is 6.33. The molecule has 1 heterocycles. The van der Waals surface area contributed by atoms with E-state index in [1.165, 1.54) is 0 Å². The largest absolute Gasteiger partial charge is 0.339 e. The van der Waals surface area contributed by atoms with E-state index in [1.807, 2.05) is 24.3 Å². The summed E-state index contributed by atoms with van der Waals surface area (Å²) >= 11 is 7.82. The van der Waals surface area contributed by atoms with Crippen molar-refractivity contribution in [1.82, 2.24) is 10.1 Å². The number of nitrogens with two attached hydrogens (primary N) is 1. The fraction of sp³-hybridized carbons (Fsp3) is 0.467. The number of aromatic nitrogens is 2. The molecule has 0 unspecified atom stereocenters. The quantitative estimate of drug-likeness (QED) is 0.848. The van der Waals surface area contributed by atoms with Gasteiger partial charge in [-0.3, -0.25) is 0 Å². The molecule has 0 bridgehead atoms. The predicted octanol–water partition coefficient (Wildman–Crippen LogP) is 3.79. The summed E-state index contributed by atoms with van der Waals surface area (Å²) in [5.41, 5.74) is 5.95. The molecule has 112 valence electrons. The number of halogens is 1. The van der Waals surface area contributed by atoms with E-state index in [0.29, 0.717) is 11.7 Å². The molecule has 21 heavy (non-hydrogen) atoms. The summed E-state index contributed by atoms with van der Waals surface area (Å²) in [4.78, 5) is 5.54. The number of benzene rings is 1. The van der Waals surface area contributed by atoms with E-state index in [4.69, 9.17) is 21.9 Å². The highest BCUT2D eigenvalue weighted by Crippen LogP contribution is 2.34. The second-order valence-corrected chi connectivity index (χ2v) is 6.95. The maximum absolute atomic E-state index is 6.33. The molecule has 1 aliphatic carbocycles. The molecule has 0 amide bonds. The number of nitrogens with zero attached hydrogens (tertiary/aromatic N) is 2. The second-order valence-electron chi connectivity index (χ2n) is 5.40. The molecule has 0 aliphatic heterocycles. The van der Waals surface area contributed by atoms with E-state index in [0.717, 1.165) is 47.8 Å². The summed E-state index contributed by atoms with van der Waals surface area (Å²) in [7, 11) is 0. The molecular weight excluding hydrogens is 306 g/mol. The lowest BCUT2D eigenvalue weighted by Gasteiger charge is -2.17. The Bertz CT molecular complexity index is 610. The van der Waals surface area contributed by atoms with E-state index in [9.17, 15) is 0 Å². The maximum Gasteiger partial charge on any atom is 0.227 e. The van der Waals surface area contributed by atoms with Gasteiger partial charge in [0.2, 0.25) is 5.89 Å². The minimum atomic E-state index is -0.377. The standard InChI is InChI=1S/C15H18ClN3OS/c16-11-5-1-2-6-12(11)21-10-7-13-18-14(19-20-13)15(17)8-3-4-9-15/h1-2,5-6H,3-4,7-10,17H2. The van der Waals surface area contributed by atoms with E-state index in [-0.39, 0.29) is 5.54 Å². The van der Waals surface area contributed by atoms with Crippen LogP contribution in [0.25, 0.3) is 0 Å². The van der Waals surface area contributed by atoms with Gasteiger partial charge in [0.1, 0.15) is 0 Å². The van der Waals surface area contributed by atoms with Gasteiger partial charge in [-0.1, -0.05) is 41.7 Å². The van der Waals surface area contributed by atoms with Crippen LogP contribution in [0, 0.1) is 0 Å². The van der Waals surface area contributed by atoms with Gasteiger partial charge in [-0.2, -0.15) is 4.98 Å². The Morgan fingerprint density at radius 1 is 1.29 bits per heavy atom. The van der Waals surface area contributed by atoms with Gasteiger partial charge in [-0.05, 0) is 25.0 Å². The van der Waals surface area contributed by atoms with Gasteiger partial charge in [0, 0.05) is 17.1 Å². The SMILES string of the molecule is NC1(c2noc(CCSc3ccccc3Cl)n2)CCCC1. The summed E-state index contributed by atoms with van der Waals surface area (Å²) in [5.74, 6) is 2.17. The molecule has 0 spiro atoms. The van der Waals surface area contributed by atoms with Gasteiger partial charge in [0.15, 0.2) is 5.82 Å². The first-order chi connectivity index (χ1) is 10.2. The van der Waals surface area contributed by atoms with Gasteiger partial charge in [0.05, 0.1) is 10.6 Å². The Morgan fingerprint density at radius 3 is 2.81 bits per heavy atom. The van der Waals surface area contributed by atoms with Crippen LogP contribution >= 0.6 is 23.4 Å². The van der Waals surface area contributed by atoms with Crippen molar-refractivity contribution in [3.8, 4) is 0 Å². The topological polar surface area (TPSA) is 64.9 Å². The average molecular weight is 324 g/mol. The lowest BCUT2D eigenvalue weighted by atomic mass is 9.99. The van der Waals surface area contributed by atoms with Crippen LogP contribution in [0.2, 0.25) is 5.02 Å². The zero-order valence-electron chi connectivity index (χ0n) is 11.7. The number of thioether (sulfide) groups is 1. The lowest BCUT2D eigenvalue weighted by molar-refractivity contribution is 0.351. The Hall–Kier alpha value is -1.04. The molecule has 6 heteroatoms.